The van der Waals surface area contributed by atoms with E-state index >= 15 is 0 Å². The fraction of sp³-hybridized carbons (Fsp3) is 0.111. The quantitative estimate of drug-likeness (QED) is 0.405. The molecule has 69 valence electrons. The van der Waals surface area contributed by atoms with Crippen molar-refractivity contribution in [1.82, 2.24) is 4.57 Å². The van der Waals surface area contributed by atoms with Crippen molar-refractivity contribution < 1.29 is 4.92 Å². The molecular weight excluding hydrogens is 182 g/mol. The van der Waals surface area contributed by atoms with Crippen molar-refractivity contribution in [3.05, 3.63) is 34.4 Å². The highest BCUT2D eigenvalue weighted by Gasteiger charge is 2.14. The Labute approximate surface area is 80.7 Å². The predicted octanol–water partition coefficient (Wildman–Crippen LogP) is 1.11. The molecule has 1 aromatic heterocycles. The van der Waals surface area contributed by atoms with Crippen LogP contribution < -0.4 is 0 Å². The van der Waals surface area contributed by atoms with Crippen molar-refractivity contribution in [1.29, 1.82) is 5.26 Å². The summed E-state index contributed by atoms with van der Waals surface area (Å²) in [5.41, 5.74) is 0.481. The van der Waals surface area contributed by atoms with E-state index in [0.29, 0.717) is 5.56 Å². The topological polar surface area (TPSA) is 71.9 Å². The van der Waals surface area contributed by atoms with Crippen LogP contribution in [0.1, 0.15) is 5.56 Å². The van der Waals surface area contributed by atoms with E-state index < -0.39 is 4.92 Å². The van der Waals surface area contributed by atoms with Gasteiger partial charge in [0.1, 0.15) is 0 Å². The monoisotopic (exact) mass is 188 g/mol. The molecular formula is C9H6N3O2. The molecule has 0 amide bonds. The Bertz CT molecular complexity index is 434. The van der Waals surface area contributed by atoms with Crippen molar-refractivity contribution >= 4 is 5.82 Å². The van der Waals surface area contributed by atoms with Gasteiger partial charge in [0.25, 0.3) is 0 Å². The van der Waals surface area contributed by atoms with E-state index in [9.17, 15) is 10.1 Å². The Morgan fingerprint density at radius 1 is 1.79 bits per heavy atom. The van der Waals surface area contributed by atoms with Crippen LogP contribution in [-0.4, -0.2) is 9.49 Å². The van der Waals surface area contributed by atoms with Crippen LogP contribution in [0.25, 0.3) is 0 Å². The second-order valence-electron chi connectivity index (χ2n) is 2.49. The van der Waals surface area contributed by atoms with Gasteiger partial charge < -0.3 is 10.1 Å². The van der Waals surface area contributed by atoms with Gasteiger partial charge in [0.05, 0.1) is 18.7 Å². The number of hydrogen-bond donors (Lipinski definition) is 0. The highest BCUT2D eigenvalue weighted by molar-refractivity contribution is 5.37. The first-order valence-corrected chi connectivity index (χ1v) is 3.70. The molecule has 0 fully saturated rings. The minimum atomic E-state index is -0.536. The zero-order valence-corrected chi connectivity index (χ0v) is 7.17. The molecule has 0 unspecified atom stereocenters. The molecule has 5 nitrogen and oxygen atoms in total. The molecule has 0 aliphatic heterocycles. The first-order valence-electron chi connectivity index (χ1n) is 3.70. The van der Waals surface area contributed by atoms with Gasteiger partial charge in [-0.05, 0) is 4.92 Å². The number of nitro groups is 1. The van der Waals surface area contributed by atoms with Gasteiger partial charge in [-0.3, -0.25) is 0 Å². The number of terminal acetylenes is 1. The lowest BCUT2D eigenvalue weighted by Gasteiger charge is -1.94. The first kappa shape index (κ1) is 9.82. The third kappa shape index (κ3) is 1.90. The molecule has 5 heteroatoms. The van der Waals surface area contributed by atoms with Gasteiger partial charge in [-0.2, -0.15) is 5.26 Å². The number of nitrogens with zero attached hydrogens (tertiary/aromatic N) is 3. The van der Waals surface area contributed by atoms with Crippen LogP contribution in [0.2, 0.25) is 0 Å². The van der Waals surface area contributed by atoms with Crippen LogP contribution in [0, 0.1) is 40.2 Å². The van der Waals surface area contributed by atoms with Crippen LogP contribution in [-0.2, 0) is 6.54 Å². The summed E-state index contributed by atoms with van der Waals surface area (Å²) in [5, 5.41) is 18.9. The average Bonchev–Trinajstić information content (AvgIpc) is 2.49. The van der Waals surface area contributed by atoms with Gasteiger partial charge in [0, 0.05) is 11.6 Å². The van der Waals surface area contributed by atoms with Gasteiger partial charge in [0.2, 0.25) is 0 Å². The van der Waals surface area contributed by atoms with Gasteiger partial charge in [-0.15, -0.1) is 6.42 Å². The van der Waals surface area contributed by atoms with Crippen LogP contribution in [0.3, 0.4) is 0 Å². The molecule has 1 radical (unpaired) electrons. The largest absolute Gasteiger partial charge is 0.358 e. The maximum atomic E-state index is 10.5. The summed E-state index contributed by atoms with van der Waals surface area (Å²) in [6, 6.07) is 3.10. The maximum absolute atomic E-state index is 10.5. The molecule has 0 bridgehead atoms. The number of aromatic nitrogens is 1. The van der Waals surface area contributed by atoms with E-state index in [4.69, 9.17) is 11.7 Å². The summed E-state index contributed by atoms with van der Waals surface area (Å²) < 4.78 is 1.31. The molecule has 0 saturated heterocycles. The van der Waals surface area contributed by atoms with E-state index in [1.807, 2.05) is 0 Å². The molecule has 1 rings (SSSR count). The second-order valence-corrected chi connectivity index (χ2v) is 2.49. The molecule has 14 heavy (non-hydrogen) atoms. The fourth-order valence-electron chi connectivity index (χ4n) is 1.05. The molecule has 1 heterocycles. The van der Waals surface area contributed by atoms with Crippen LogP contribution >= 0.6 is 0 Å². The predicted molar refractivity (Wildman–Crippen MR) is 48.9 cm³/mol. The van der Waals surface area contributed by atoms with E-state index in [1.165, 1.54) is 23.3 Å². The maximum Gasteiger partial charge on any atom is 0.324 e. The van der Waals surface area contributed by atoms with Crippen molar-refractivity contribution in [2.75, 3.05) is 0 Å². The SMILES string of the molecule is C#CCn1cc([CH]C#N)cc1[N+](=O)[O-]. The van der Waals surface area contributed by atoms with Crippen LogP contribution in [0.4, 0.5) is 5.82 Å². The fourth-order valence-corrected chi connectivity index (χ4v) is 1.05. The third-order valence-electron chi connectivity index (χ3n) is 1.57. The molecule has 0 spiro atoms. The van der Waals surface area contributed by atoms with E-state index in [2.05, 4.69) is 5.92 Å². The molecule has 0 aliphatic rings. The van der Waals surface area contributed by atoms with Crippen LogP contribution in [0.5, 0.6) is 0 Å². The van der Waals surface area contributed by atoms with Gasteiger partial charge in [-0.25, -0.2) is 4.57 Å². The lowest BCUT2D eigenvalue weighted by atomic mass is 10.3. The average molecular weight is 188 g/mol. The summed E-state index contributed by atoms with van der Waals surface area (Å²) in [4.78, 5) is 10.00. The van der Waals surface area contributed by atoms with Crippen molar-refractivity contribution in [3.8, 4) is 18.4 Å². The molecule has 0 atom stereocenters. The van der Waals surface area contributed by atoms with Crippen molar-refractivity contribution in [3.63, 3.8) is 0 Å². The minimum Gasteiger partial charge on any atom is -0.358 e. The zero-order valence-electron chi connectivity index (χ0n) is 7.17. The lowest BCUT2D eigenvalue weighted by molar-refractivity contribution is -0.391. The smallest absolute Gasteiger partial charge is 0.324 e. The van der Waals surface area contributed by atoms with Crippen molar-refractivity contribution in [2.24, 2.45) is 0 Å². The highest BCUT2D eigenvalue weighted by atomic mass is 16.6. The van der Waals surface area contributed by atoms with E-state index in [1.54, 1.807) is 6.07 Å². The second kappa shape index (κ2) is 4.11. The van der Waals surface area contributed by atoms with Gasteiger partial charge >= 0.3 is 5.82 Å². The van der Waals surface area contributed by atoms with E-state index in [-0.39, 0.29) is 12.4 Å². The first-order chi connectivity index (χ1) is 6.69. The standard InChI is InChI=1S/C9H6N3O2/c1-2-5-11-7-8(3-4-10)6-9(11)12(13)14/h1,3,6-7H,5H2. The van der Waals surface area contributed by atoms with E-state index in [0.717, 1.165) is 0 Å². The number of rotatable bonds is 3. The Hall–Kier alpha value is -2.27. The number of hydrogen-bond acceptors (Lipinski definition) is 3. The normalized spacial score (nSPS) is 9.00. The summed E-state index contributed by atoms with van der Waals surface area (Å²) in [6.07, 6.45) is 7.74. The molecule has 0 aromatic carbocycles. The van der Waals surface area contributed by atoms with Gasteiger partial charge in [0.15, 0.2) is 6.54 Å². The van der Waals surface area contributed by atoms with Crippen LogP contribution in [0.15, 0.2) is 12.3 Å². The molecule has 0 N–H and O–H groups in total. The summed E-state index contributed by atoms with van der Waals surface area (Å²) in [7, 11) is 0. The molecule has 0 aliphatic carbocycles. The third-order valence-corrected chi connectivity index (χ3v) is 1.57. The molecule has 1 aromatic rings. The Morgan fingerprint density at radius 2 is 2.50 bits per heavy atom. The Kier molecular flexibility index (Phi) is 2.88. The number of nitriles is 1. The molecule has 0 saturated carbocycles. The lowest BCUT2D eigenvalue weighted by Crippen LogP contribution is -1.99. The zero-order chi connectivity index (χ0) is 10.6. The Morgan fingerprint density at radius 3 is 3.00 bits per heavy atom. The summed E-state index contributed by atoms with van der Waals surface area (Å²) in [5.74, 6) is 2.19. The summed E-state index contributed by atoms with van der Waals surface area (Å²) >= 11 is 0. The Balaban J connectivity index is 3.08. The highest BCUT2D eigenvalue weighted by Crippen LogP contribution is 2.17. The minimum absolute atomic E-state index is 0.107. The van der Waals surface area contributed by atoms with Gasteiger partial charge in [-0.1, -0.05) is 5.92 Å². The summed E-state index contributed by atoms with van der Waals surface area (Å²) in [6.45, 7) is 0.121. The van der Waals surface area contributed by atoms with Crippen molar-refractivity contribution in [2.45, 2.75) is 6.54 Å².